The number of nitrogen functional groups attached to an aromatic ring is 1. The van der Waals surface area contributed by atoms with Crippen molar-refractivity contribution in [3.8, 4) is 0 Å². The predicted molar refractivity (Wildman–Crippen MR) is 74.2 cm³/mol. The van der Waals surface area contributed by atoms with Gasteiger partial charge in [0.15, 0.2) is 0 Å². The smallest absolute Gasteiger partial charge is 0.222 e. The Morgan fingerprint density at radius 3 is 2.83 bits per heavy atom. The minimum Gasteiger partial charge on any atom is -0.399 e. The summed E-state index contributed by atoms with van der Waals surface area (Å²) in [5.74, 6) is 0.982. The third-order valence-corrected chi connectivity index (χ3v) is 3.76. The van der Waals surface area contributed by atoms with Crippen molar-refractivity contribution in [1.29, 1.82) is 0 Å². The lowest BCUT2D eigenvalue weighted by molar-refractivity contribution is -0.130. The van der Waals surface area contributed by atoms with Gasteiger partial charge in [-0.2, -0.15) is 0 Å². The maximum Gasteiger partial charge on any atom is 0.222 e. The number of amides is 1. The fourth-order valence-corrected chi connectivity index (χ4v) is 2.36. The van der Waals surface area contributed by atoms with E-state index in [1.54, 1.807) is 0 Å². The first-order valence-electron chi connectivity index (χ1n) is 6.73. The molecule has 0 radical (unpaired) electrons. The van der Waals surface area contributed by atoms with Gasteiger partial charge in [-0.05, 0) is 42.9 Å². The summed E-state index contributed by atoms with van der Waals surface area (Å²) in [5, 5.41) is 0. The van der Waals surface area contributed by atoms with Crippen LogP contribution < -0.4 is 5.73 Å². The molecule has 1 fully saturated rings. The molecule has 3 heteroatoms. The quantitative estimate of drug-likeness (QED) is 0.811. The lowest BCUT2D eigenvalue weighted by Gasteiger charge is -2.30. The van der Waals surface area contributed by atoms with E-state index < -0.39 is 0 Å². The number of benzene rings is 1. The van der Waals surface area contributed by atoms with Gasteiger partial charge in [0.25, 0.3) is 0 Å². The van der Waals surface area contributed by atoms with Gasteiger partial charge in [-0.1, -0.05) is 18.6 Å². The second-order valence-electron chi connectivity index (χ2n) is 5.32. The van der Waals surface area contributed by atoms with E-state index in [1.807, 2.05) is 36.2 Å². The fourth-order valence-electron chi connectivity index (χ4n) is 2.36. The van der Waals surface area contributed by atoms with Crippen LogP contribution in [0.3, 0.4) is 0 Å². The minimum atomic E-state index is 0.240. The van der Waals surface area contributed by atoms with Gasteiger partial charge in [-0.3, -0.25) is 4.79 Å². The van der Waals surface area contributed by atoms with E-state index in [0.29, 0.717) is 6.42 Å². The van der Waals surface area contributed by atoms with Crippen LogP contribution in [0.4, 0.5) is 5.69 Å². The Morgan fingerprint density at radius 2 is 2.22 bits per heavy atom. The van der Waals surface area contributed by atoms with Gasteiger partial charge in [0.1, 0.15) is 0 Å². The molecule has 0 unspecified atom stereocenters. The molecule has 0 spiro atoms. The van der Waals surface area contributed by atoms with Crippen molar-refractivity contribution >= 4 is 11.6 Å². The summed E-state index contributed by atoms with van der Waals surface area (Å²) in [4.78, 5) is 13.9. The number of aryl methyl sites for hydroxylation is 1. The zero-order chi connectivity index (χ0) is 13.0. The molecule has 1 aliphatic carbocycles. The number of carbonyl (C=O) groups is 1. The molecule has 0 saturated heterocycles. The highest BCUT2D eigenvalue weighted by Crippen LogP contribution is 2.26. The summed E-state index contributed by atoms with van der Waals surface area (Å²) < 4.78 is 0. The molecule has 0 aromatic heterocycles. The van der Waals surface area contributed by atoms with Gasteiger partial charge in [0, 0.05) is 25.7 Å². The zero-order valence-corrected chi connectivity index (χ0v) is 11.1. The lowest BCUT2D eigenvalue weighted by atomic mass is 9.85. The topological polar surface area (TPSA) is 46.3 Å². The van der Waals surface area contributed by atoms with Crippen molar-refractivity contribution in [3.63, 3.8) is 0 Å². The molecule has 1 aromatic carbocycles. The summed E-state index contributed by atoms with van der Waals surface area (Å²) in [7, 11) is 1.92. The molecule has 0 heterocycles. The molecular weight excluding hydrogens is 224 g/mol. The summed E-state index contributed by atoms with van der Waals surface area (Å²) in [6.07, 6.45) is 5.25. The van der Waals surface area contributed by atoms with Crippen molar-refractivity contribution < 1.29 is 4.79 Å². The molecule has 0 bridgehead atoms. The lowest BCUT2D eigenvalue weighted by Crippen LogP contribution is -2.34. The highest BCUT2D eigenvalue weighted by molar-refractivity contribution is 5.76. The van der Waals surface area contributed by atoms with Gasteiger partial charge in [0.2, 0.25) is 5.91 Å². The summed E-state index contributed by atoms with van der Waals surface area (Å²) >= 11 is 0. The minimum absolute atomic E-state index is 0.240. The number of rotatable bonds is 5. The number of nitrogens with zero attached hydrogens (tertiary/aromatic N) is 1. The van der Waals surface area contributed by atoms with Gasteiger partial charge in [-0.15, -0.1) is 0 Å². The molecular formula is C15H22N2O. The number of anilines is 1. The van der Waals surface area contributed by atoms with Crippen molar-refractivity contribution in [2.24, 2.45) is 5.92 Å². The Labute approximate surface area is 109 Å². The molecule has 0 aliphatic heterocycles. The number of carbonyl (C=O) groups excluding carboxylic acids is 1. The van der Waals surface area contributed by atoms with E-state index in [9.17, 15) is 4.79 Å². The maximum absolute atomic E-state index is 12.0. The van der Waals surface area contributed by atoms with Crippen molar-refractivity contribution in [2.45, 2.75) is 32.1 Å². The first-order chi connectivity index (χ1) is 8.65. The van der Waals surface area contributed by atoms with Gasteiger partial charge in [-0.25, -0.2) is 0 Å². The molecule has 2 N–H and O–H groups in total. The fraction of sp³-hybridized carbons (Fsp3) is 0.533. The number of hydrogen-bond donors (Lipinski definition) is 1. The molecule has 1 aliphatic rings. The van der Waals surface area contributed by atoms with Crippen LogP contribution in [0.15, 0.2) is 24.3 Å². The van der Waals surface area contributed by atoms with Crippen molar-refractivity contribution in [1.82, 2.24) is 4.90 Å². The monoisotopic (exact) mass is 246 g/mol. The van der Waals surface area contributed by atoms with Crippen molar-refractivity contribution in [2.75, 3.05) is 19.3 Å². The second-order valence-corrected chi connectivity index (χ2v) is 5.32. The van der Waals surface area contributed by atoms with E-state index in [2.05, 4.69) is 0 Å². The Hall–Kier alpha value is -1.51. The Morgan fingerprint density at radius 1 is 1.44 bits per heavy atom. The molecule has 3 nitrogen and oxygen atoms in total. The van der Waals surface area contributed by atoms with Crippen LogP contribution in [-0.2, 0) is 11.2 Å². The standard InChI is InChI=1S/C15H22N2O/c1-17(11-13-5-2-6-13)15(18)9-8-12-4-3-7-14(16)10-12/h3-4,7,10,13H,2,5-6,8-9,11,16H2,1H3. The van der Waals surface area contributed by atoms with Gasteiger partial charge < -0.3 is 10.6 Å². The van der Waals surface area contributed by atoms with Crippen LogP contribution in [0.25, 0.3) is 0 Å². The van der Waals surface area contributed by atoms with Crippen molar-refractivity contribution in [3.05, 3.63) is 29.8 Å². The normalized spacial score (nSPS) is 15.2. The van der Waals surface area contributed by atoms with Crippen LogP contribution in [0.2, 0.25) is 0 Å². The molecule has 1 aromatic rings. The Balaban J connectivity index is 1.76. The molecule has 0 atom stereocenters. The third-order valence-electron chi connectivity index (χ3n) is 3.76. The van der Waals surface area contributed by atoms with Gasteiger partial charge >= 0.3 is 0 Å². The zero-order valence-electron chi connectivity index (χ0n) is 11.1. The van der Waals surface area contributed by atoms with Crippen LogP contribution >= 0.6 is 0 Å². The van der Waals surface area contributed by atoms with Crippen LogP contribution in [0.5, 0.6) is 0 Å². The first-order valence-corrected chi connectivity index (χ1v) is 6.73. The molecule has 1 saturated carbocycles. The van der Waals surface area contributed by atoms with Crippen LogP contribution in [-0.4, -0.2) is 24.4 Å². The average Bonchev–Trinajstić information content (AvgIpc) is 2.30. The van der Waals surface area contributed by atoms with Gasteiger partial charge in [0.05, 0.1) is 0 Å². The molecule has 18 heavy (non-hydrogen) atoms. The largest absolute Gasteiger partial charge is 0.399 e. The third kappa shape index (κ3) is 3.49. The maximum atomic E-state index is 12.0. The molecule has 98 valence electrons. The SMILES string of the molecule is CN(CC1CCC1)C(=O)CCc1cccc(N)c1. The van der Waals surface area contributed by atoms with Crippen LogP contribution in [0.1, 0.15) is 31.2 Å². The highest BCUT2D eigenvalue weighted by atomic mass is 16.2. The summed E-state index contributed by atoms with van der Waals surface area (Å²) in [5.41, 5.74) is 7.63. The second kappa shape index (κ2) is 5.89. The summed E-state index contributed by atoms with van der Waals surface area (Å²) in [6, 6.07) is 7.77. The number of hydrogen-bond acceptors (Lipinski definition) is 2. The predicted octanol–water partition coefficient (Wildman–Crippen LogP) is 2.46. The Bertz CT molecular complexity index is 413. The van der Waals surface area contributed by atoms with E-state index >= 15 is 0 Å². The van der Waals surface area contributed by atoms with Crippen LogP contribution in [0, 0.1) is 5.92 Å². The summed E-state index contributed by atoms with van der Waals surface area (Å²) in [6.45, 7) is 0.926. The van der Waals surface area contributed by atoms with E-state index in [-0.39, 0.29) is 5.91 Å². The Kier molecular flexibility index (Phi) is 4.24. The first kappa shape index (κ1) is 12.9. The van der Waals surface area contributed by atoms with E-state index in [1.165, 1.54) is 19.3 Å². The van der Waals surface area contributed by atoms with E-state index in [4.69, 9.17) is 5.73 Å². The average molecular weight is 246 g/mol. The van der Waals surface area contributed by atoms with E-state index in [0.717, 1.165) is 30.1 Å². The highest BCUT2D eigenvalue weighted by Gasteiger charge is 2.21. The number of nitrogens with two attached hydrogens (primary N) is 1. The molecule has 2 rings (SSSR count). The molecule has 1 amide bonds.